The van der Waals surface area contributed by atoms with Gasteiger partial charge in [0.25, 0.3) is 0 Å². The number of phenolic OH excluding ortho intramolecular Hbond substituents is 1. The first kappa shape index (κ1) is 20.0. The van der Waals surface area contributed by atoms with Crippen LogP contribution in [0.25, 0.3) is 11.1 Å². The van der Waals surface area contributed by atoms with Crippen LogP contribution in [0, 0.1) is 34.6 Å². The molecule has 5 heteroatoms. The highest BCUT2D eigenvalue weighted by molar-refractivity contribution is 7.87. The Hall–Kier alpha value is -2.79. The molecule has 3 aromatic rings. The minimum atomic E-state index is -4.01. The number of hydrogen-bond acceptors (Lipinski definition) is 4. The third kappa shape index (κ3) is 3.90. The van der Waals surface area contributed by atoms with Gasteiger partial charge in [-0.3, -0.25) is 0 Å². The summed E-state index contributed by atoms with van der Waals surface area (Å²) < 4.78 is 31.3. The smallest absolute Gasteiger partial charge is 0.339 e. The molecular weight excluding hydrogens is 372 g/mol. The normalized spacial score (nSPS) is 11.5. The lowest BCUT2D eigenvalue weighted by Gasteiger charge is -2.17. The van der Waals surface area contributed by atoms with Crippen LogP contribution < -0.4 is 4.18 Å². The fourth-order valence-electron chi connectivity index (χ4n) is 3.29. The summed E-state index contributed by atoms with van der Waals surface area (Å²) in [7, 11) is -4.01. The second kappa shape index (κ2) is 7.32. The maximum absolute atomic E-state index is 12.9. The SMILES string of the molecule is Cc1ccc(S(=O)(=O)Oc2c(C)cc(C)cc2-c2cc(C)cc(C)c2O)cc1. The standard InChI is InChI=1S/C23H24O4S/c1-14-6-8-19(9-7-14)28(25,26)27-23-18(5)11-16(3)13-21(23)20-12-15(2)10-17(4)22(20)24/h6-13,24H,1-5H3. The second-order valence-electron chi connectivity index (χ2n) is 7.29. The van der Waals surface area contributed by atoms with Gasteiger partial charge in [0, 0.05) is 11.1 Å². The fraction of sp³-hybridized carbons (Fsp3) is 0.217. The van der Waals surface area contributed by atoms with Crippen molar-refractivity contribution in [2.75, 3.05) is 0 Å². The van der Waals surface area contributed by atoms with Crippen molar-refractivity contribution in [1.82, 2.24) is 0 Å². The van der Waals surface area contributed by atoms with Crippen molar-refractivity contribution in [1.29, 1.82) is 0 Å². The van der Waals surface area contributed by atoms with E-state index in [-0.39, 0.29) is 16.4 Å². The topological polar surface area (TPSA) is 63.6 Å². The first-order valence-corrected chi connectivity index (χ1v) is 10.4. The summed E-state index contributed by atoms with van der Waals surface area (Å²) in [5, 5.41) is 10.6. The van der Waals surface area contributed by atoms with Crippen LogP contribution >= 0.6 is 0 Å². The Morgan fingerprint density at radius 3 is 1.86 bits per heavy atom. The second-order valence-corrected chi connectivity index (χ2v) is 8.83. The van der Waals surface area contributed by atoms with Crippen molar-refractivity contribution in [3.8, 4) is 22.6 Å². The summed E-state index contributed by atoms with van der Waals surface area (Å²) in [6.45, 7) is 9.37. The Labute approximate surface area is 166 Å². The number of benzene rings is 3. The van der Waals surface area contributed by atoms with Crippen molar-refractivity contribution < 1.29 is 17.7 Å². The molecule has 0 spiro atoms. The van der Waals surface area contributed by atoms with Crippen molar-refractivity contribution in [3.63, 3.8) is 0 Å². The maximum Gasteiger partial charge on any atom is 0.339 e. The van der Waals surface area contributed by atoms with E-state index in [1.807, 2.05) is 52.0 Å². The molecule has 0 radical (unpaired) electrons. The molecule has 0 fully saturated rings. The minimum absolute atomic E-state index is 0.0914. The van der Waals surface area contributed by atoms with Gasteiger partial charge in [0.05, 0.1) is 0 Å². The van der Waals surface area contributed by atoms with E-state index < -0.39 is 10.1 Å². The fourth-order valence-corrected chi connectivity index (χ4v) is 4.30. The third-order valence-electron chi connectivity index (χ3n) is 4.66. The van der Waals surface area contributed by atoms with Crippen molar-refractivity contribution in [2.24, 2.45) is 0 Å². The van der Waals surface area contributed by atoms with Gasteiger partial charge >= 0.3 is 10.1 Å². The molecule has 146 valence electrons. The third-order valence-corrected chi connectivity index (χ3v) is 5.89. The average Bonchev–Trinajstić information content (AvgIpc) is 2.60. The lowest BCUT2D eigenvalue weighted by atomic mass is 9.95. The Morgan fingerprint density at radius 1 is 0.714 bits per heavy atom. The molecule has 0 aliphatic heterocycles. The molecule has 0 amide bonds. The molecular formula is C23H24O4S. The molecule has 1 N–H and O–H groups in total. The van der Waals surface area contributed by atoms with Crippen LogP contribution in [0.3, 0.4) is 0 Å². The lowest BCUT2D eigenvalue weighted by Crippen LogP contribution is -2.11. The van der Waals surface area contributed by atoms with Crippen LogP contribution in [0.4, 0.5) is 0 Å². The maximum atomic E-state index is 12.9. The molecule has 0 bridgehead atoms. The van der Waals surface area contributed by atoms with E-state index in [0.29, 0.717) is 16.7 Å². The number of hydrogen-bond donors (Lipinski definition) is 1. The van der Waals surface area contributed by atoms with Crippen LogP contribution in [0.5, 0.6) is 11.5 Å². The van der Waals surface area contributed by atoms with E-state index >= 15 is 0 Å². The molecule has 0 atom stereocenters. The van der Waals surface area contributed by atoms with Crippen LogP contribution in [0.15, 0.2) is 53.4 Å². The Kier molecular flexibility index (Phi) is 5.22. The molecule has 3 rings (SSSR count). The van der Waals surface area contributed by atoms with Crippen LogP contribution in [0.2, 0.25) is 0 Å². The lowest BCUT2D eigenvalue weighted by molar-refractivity contribution is 0.470. The molecule has 0 heterocycles. The number of phenols is 1. The van der Waals surface area contributed by atoms with E-state index in [2.05, 4.69) is 0 Å². The summed E-state index contributed by atoms with van der Waals surface area (Å²) in [5.74, 6) is 0.347. The van der Waals surface area contributed by atoms with E-state index in [9.17, 15) is 13.5 Å². The highest BCUT2D eigenvalue weighted by atomic mass is 32.2. The molecule has 0 unspecified atom stereocenters. The van der Waals surface area contributed by atoms with Crippen LogP contribution in [-0.4, -0.2) is 13.5 Å². The number of aromatic hydroxyl groups is 1. The van der Waals surface area contributed by atoms with Gasteiger partial charge in [0.15, 0.2) is 5.75 Å². The highest BCUT2D eigenvalue weighted by Gasteiger charge is 2.22. The van der Waals surface area contributed by atoms with Crippen molar-refractivity contribution in [3.05, 3.63) is 76.3 Å². The van der Waals surface area contributed by atoms with Gasteiger partial charge in [0.2, 0.25) is 0 Å². The van der Waals surface area contributed by atoms with Crippen LogP contribution in [0.1, 0.15) is 27.8 Å². The number of rotatable bonds is 4. The molecule has 4 nitrogen and oxygen atoms in total. The quantitative estimate of drug-likeness (QED) is 0.602. The first-order valence-electron chi connectivity index (χ1n) is 9.01. The first-order chi connectivity index (χ1) is 13.1. The zero-order valence-corrected chi connectivity index (χ0v) is 17.5. The molecule has 0 aliphatic carbocycles. The summed E-state index contributed by atoms with van der Waals surface area (Å²) in [4.78, 5) is 0.0914. The Balaban J connectivity index is 2.19. The van der Waals surface area contributed by atoms with E-state index in [4.69, 9.17) is 4.18 Å². The average molecular weight is 397 g/mol. The van der Waals surface area contributed by atoms with Gasteiger partial charge in [0.1, 0.15) is 10.6 Å². The minimum Gasteiger partial charge on any atom is -0.507 e. The summed E-state index contributed by atoms with van der Waals surface area (Å²) in [5.41, 5.74) is 5.40. The molecule has 28 heavy (non-hydrogen) atoms. The largest absolute Gasteiger partial charge is 0.507 e. The van der Waals surface area contributed by atoms with E-state index in [0.717, 1.165) is 22.3 Å². The summed E-state index contributed by atoms with van der Waals surface area (Å²) >= 11 is 0. The van der Waals surface area contributed by atoms with Crippen molar-refractivity contribution >= 4 is 10.1 Å². The Bertz CT molecular complexity index is 1140. The highest BCUT2D eigenvalue weighted by Crippen LogP contribution is 2.41. The molecule has 0 aromatic heterocycles. The van der Waals surface area contributed by atoms with Gasteiger partial charge in [-0.2, -0.15) is 8.42 Å². The Morgan fingerprint density at radius 2 is 1.25 bits per heavy atom. The van der Waals surface area contributed by atoms with Crippen LogP contribution in [-0.2, 0) is 10.1 Å². The van der Waals surface area contributed by atoms with Crippen molar-refractivity contribution in [2.45, 2.75) is 39.5 Å². The van der Waals surface area contributed by atoms with E-state index in [1.165, 1.54) is 12.1 Å². The van der Waals surface area contributed by atoms with Gasteiger partial charge in [-0.25, -0.2) is 0 Å². The predicted molar refractivity (Wildman–Crippen MR) is 111 cm³/mol. The molecule has 0 saturated carbocycles. The number of aryl methyl sites for hydroxylation is 5. The predicted octanol–water partition coefficient (Wildman–Crippen LogP) is 5.37. The zero-order chi connectivity index (χ0) is 20.6. The molecule has 0 aliphatic rings. The van der Waals surface area contributed by atoms with E-state index in [1.54, 1.807) is 19.1 Å². The summed E-state index contributed by atoms with van der Waals surface area (Å²) in [6.07, 6.45) is 0. The van der Waals surface area contributed by atoms with Gasteiger partial charge in [-0.15, -0.1) is 0 Å². The molecule has 3 aromatic carbocycles. The van der Waals surface area contributed by atoms with Gasteiger partial charge < -0.3 is 9.29 Å². The van der Waals surface area contributed by atoms with Gasteiger partial charge in [-0.05, 0) is 81.1 Å². The zero-order valence-electron chi connectivity index (χ0n) is 16.7. The monoisotopic (exact) mass is 396 g/mol. The molecule has 0 saturated heterocycles. The van der Waals surface area contributed by atoms with Gasteiger partial charge in [-0.1, -0.05) is 29.8 Å². The summed E-state index contributed by atoms with van der Waals surface area (Å²) in [6, 6.07) is 13.9.